The van der Waals surface area contributed by atoms with Crippen LogP contribution in [0.2, 0.25) is 0 Å². The van der Waals surface area contributed by atoms with Crippen LogP contribution in [0.4, 0.5) is 0 Å². The van der Waals surface area contributed by atoms with Crippen LogP contribution in [0.15, 0.2) is 24.3 Å². The van der Waals surface area contributed by atoms with Crippen molar-refractivity contribution in [2.45, 2.75) is 18.8 Å². The Labute approximate surface area is 118 Å². The predicted octanol–water partition coefficient (Wildman–Crippen LogP) is 0.935. The van der Waals surface area contributed by atoms with Crippen molar-refractivity contribution in [1.29, 1.82) is 0 Å². The maximum atomic E-state index is 12.3. The maximum Gasteiger partial charge on any atom is 0.335 e. The van der Waals surface area contributed by atoms with Crippen molar-refractivity contribution in [1.82, 2.24) is 4.31 Å². The van der Waals surface area contributed by atoms with Gasteiger partial charge in [-0.25, -0.2) is 13.2 Å². The molecule has 7 heteroatoms. The van der Waals surface area contributed by atoms with Gasteiger partial charge in [0.1, 0.15) is 0 Å². The zero-order chi connectivity index (χ0) is 14.8. The highest BCUT2D eigenvalue weighted by Gasteiger charge is 2.27. The van der Waals surface area contributed by atoms with Gasteiger partial charge in [-0.15, -0.1) is 0 Å². The molecule has 110 valence electrons. The Balaban J connectivity index is 2.15. The quantitative estimate of drug-likeness (QED) is 0.894. The Morgan fingerprint density at radius 3 is 2.90 bits per heavy atom. The number of benzene rings is 1. The molecule has 1 aliphatic rings. The summed E-state index contributed by atoms with van der Waals surface area (Å²) in [6.07, 6.45) is -0.121. The first kappa shape index (κ1) is 15.0. The third-order valence-electron chi connectivity index (χ3n) is 3.12. The molecule has 0 saturated carbocycles. The zero-order valence-electron chi connectivity index (χ0n) is 11.2. The van der Waals surface area contributed by atoms with Crippen molar-refractivity contribution in [3.8, 4) is 0 Å². The highest BCUT2D eigenvalue weighted by Crippen LogP contribution is 2.16. The molecule has 1 unspecified atom stereocenters. The molecule has 0 amide bonds. The van der Waals surface area contributed by atoms with Crippen molar-refractivity contribution < 1.29 is 23.1 Å². The SMILES string of the molecule is CC1CN(S(=O)(=O)Cc2cccc(C(=O)O)c2)CCO1. The van der Waals surface area contributed by atoms with Crippen LogP contribution < -0.4 is 0 Å². The van der Waals surface area contributed by atoms with E-state index in [1.54, 1.807) is 12.1 Å². The number of hydrogen-bond donors (Lipinski definition) is 1. The lowest BCUT2D eigenvalue weighted by molar-refractivity contribution is 0.0101. The monoisotopic (exact) mass is 299 g/mol. The van der Waals surface area contributed by atoms with Crippen molar-refractivity contribution in [3.05, 3.63) is 35.4 Å². The second-order valence-electron chi connectivity index (χ2n) is 4.80. The number of aromatic carboxylic acids is 1. The molecule has 1 aromatic rings. The van der Waals surface area contributed by atoms with E-state index in [0.29, 0.717) is 25.3 Å². The summed E-state index contributed by atoms with van der Waals surface area (Å²) in [6.45, 7) is 2.88. The number of ether oxygens (including phenoxy) is 1. The minimum atomic E-state index is -3.45. The second-order valence-corrected chi connectivity index (χ2v) is 6.77. The topological polar surface area (TPSA) is 83.9 Å². The minimum Gasteiger partial charge on any atom is -0.478 e. The largest absolute Gasteiger partial charge is 0.478 e. The van der Waals surface area contributed by atoms with Gasteiger partial charge >= 0.3 is 5.97 Å². The van der Waals surface area contributed by atoms with E-state index in [0.717, 1.165) is 0 Å². The number of hydrogen-bond acceptors (Lipinski definition) is 4. The predicted molar refractivity (Wildman–Crippen MR) is 73.0 cm³/mol. The fourth-order valence-corrected chi connectivity index (χ4v) is 3.71. The molecular formula is C13H17NO5S. The van der Waals surface area contributed by atoms with Crippen LogP contribution in [0.3, 0.4) is 0 Å². The average molecular weight is 299 g/mol. The van der Waals surface area contributed by atoms with E-state index in [4.69, 9.17) is 9.84 Å². The van der Waals surface area contributed by atoms with Gasteiger partial charge in [0, 0.05) is 13.1 Å². The van der Waals surface area contributed by atoms with Crippen LogP contribution >= 0.6 is 0 Å². The molecule has 1 fully saturated rings. The van der Waals surface area contributed by atoms with E-state index in [9.17, 15) is 13.2 Å². The third kappa shape index (κ3) is 3.56. The zero-order valence-corrected chi connectivity index (χ0v) is 12.0. The Hall–Kier alpha value is -1.44. The molecule has 6 nitrogen and oxygen atoms in total. The van der Waals surface area contributed by atoms with Gasteiger partial charge in [0.05, 0.1) is 24.0 Å². The third-order valence-corrected chi connectivity index (χ3v) is 4.94. The number of nitrogens with zero attached hydrogens (tertiary/aromatic N) is 1. The van der Waals surface area contributed by atoms with E-state index >= 15 is 0 Å². The molecule has 1 atom stereocenters. The molecule has 0 radical (unpaired) electrons. The first-order chi connectivity index (χ1) is 9.38. The Morgan fingerprint density at radius 2 is 2.25 bits per heavy atom. The molecular weight excluding hydrogens is 282 g/mol. The van der Waals surface area contributed by atoms with Crippen LogP contribution in [0, 0.1) is 0 Å². The fraction of sp³-hybridized carbons (Fsp3) is 0.462. The Kier molecular flexibility index (Phi) is 4.42. The Bertz CT molecular complexity index is 599. The second kappa shape index (κ2) is 5.90. The maximum absolute atomic E-state index is 12.3. The lowest BCUT2D eigenvalue weighted by atomic mass is 10.1. The van der Waals surface area contributed by atoms with E-state index in [-0.39, 0.29) is 17.4 Å². The normalized spacial score (nSPS) is 20.8. The number of rotatable bonds is 4. The van der Waals surface area contributed by atoms with Gasteiger partial charge in [0.2, 0.25) is 10.0 Å². The van der Waals surface area contributed by atoms with Gasteiger partial charge in [-0.05, 0) is 24.6 Å². The van der Waals surface area contributed by atoms with E-state index < -0.39 is 16.0 Å². The van der Waals surface area contributed by atoms with Gasteiger partial charge in [0.15, 0.2) is 0 Å². The summed E-state index contributed by atoms with van der Waals surface area (Å²) in [5.74, 6) is -1.26. The molecule has 2 rings (SSSR count). The first-order valence-corrected chi connectivity index (χ1v) is 7.91. The molecule has 0 aliphatic carbocycles. The van der Waals surface area contributed by atoms with Crippen molar-refractivity contribution in [2.75, 3.05) is 19.7 Å². The van der Waals surface area contributed by atoms with Gasteiger partial charge in [0.25, 0.3) is 0 Å². The van der Waals surface area contributed by atoms with Gasteiger partial charge in [-0.2, -0.15) is 4.31 Å². The summed E-state index contributed by atoms with van der Waals surface area (Å²) in [5, 5.41) is 8.91. The van der Waals surface area contributed by atoms with Crippen LogP contribution in [0.1, 0.15) is 22.8 Å². The van der Waals surface area contributed by atoms with Crippen LogP contribution in [0.5, 0.6) is 0 Å². The van der Waals surface area contributed by atoms with Gasteiger partial charge in [-0.3, -0.25) is 0 Å². The van der Waals surface area contributed by atoms with Crippen molar-refractivity contribution in [2.24, 2.45) is 0 Å². The number of carboxylic acid groups (broad SMARTS) is 1. The number of carboxylic acids is 1. The molecule has 0 spiro atoms. The van der Waals surface area contributed by atoms with E-state index in [2.05, 4.69) is 0 Å². The standard InChI is InChI=1S/C13H17NO5S/c1-10-8-14(5-6-19-10)20(17,18)9-11-3-2-4-12(7-11)13(15)16/h2-4,7,10H,5-6,8-9H2,1H3,(H,15,16). The number of sulfonamides is 1. The van der Waals surface area contributed by atoms with E-state index in [1.165, 1.54) is 16.4 Å². The van der Waals surface area contributed by atoms with Crippen LogP contribution in [0.25, 0.3) is 0 Å². The first-order valence-electron chi connectivity index (χ1n) is 6.30. The smallest absolute Gasteiger partial charge is 0.335 e. The fourth-order valence-electron chi connectivity index (χ4n) is 2.14. The summed E-state index contributed by atoms with van der Waals surface area (Å²) >= 11 is 0. The molecule has 0 bridgehead atoms. The molecule has 1 N–H and O–H groups in total. The van der Waals surface area contributed by atoms with Crippen LogP contribution in [-0.4, -0.2) is 49.6 Å². The summed E-state index contributed by atoms with van der Waals surface area (Å²) in [5.41, 5.74) is 0.567. The number of carbonyl (C=O) groups is 1. The molecule has 1 aromatic carbocycles. The molecule has 1 saturated heterocycles. The summed E-state index contributed by atoms with van der Waals surface area (Å²) in [6, 6.07) is 6.00. The summed E-state index contributed by atoms with van der Waals surface area (Å²) in [4.78, 5) is 10.9. The van der Waals surface area contributed by atoms with Gasteiger partial charge in [-0.1, -0.05) is 12.1 Å². The molecule has 1 heterocycles. The molecule has 20 heavy (non-hydrogen) atoms. The lowest BCUT2D eigenvalue weighted by Gasteiger charge is -2.30. The summed E-state index contributed by atoms with van der Waals surface area (Å²) in [7, 11) is -3.45. The number of morpholine rings is 1. The lowest BCUT2D eigenvalue weighted by Crippen LogP contribution is -2.44. The average Bonchev–Trinajstić information content (AvgIpc) is 2.38. The molecule has 0 aromatic heterocycles. The van der Waals surface area contributed by atoms with Crippen LogP contribution in [-0.2, 0) is 20.5 Å². The Morgan fingerprint density at radius 1 is 1.50 bits per heavy atom. The van der Waals surface area contributed by atoms with Crippen molar-refractivity contribution in [3.63, 3.8) is 0 Å². The molecule has 1 aliphatic heterocycles. The van der Waals surface area contributed by atoms with Crippen molar-refractivity contribution >= 4 is 16.0 Å². The van der Waals surface area contributed by atoms with E-state index in [1.807, 2.05) is 6.92 Å². The highest BCUT2D eigenvalue weighted by molar-refractivity contribution is 7.88. The summed E-state index contributed by atoms with van der Waals surface area (Å²) < 4.78 is 31.3. The van der Waals surface area contributed by atoms with Gasteiger partial charge < -0.3 is 9.84 Å². The minimum absolute atomic E-state index is 0.0908. The highest BCUT2D eigenvalue weighted by atomic mass is 32.2.